The second-order valence-electron chi connectivity index (χ2n) is 6.50. The Morgan fingerprint density at radius 2 is 2.19 bits per heavy atom. The molecule has 3 heterocycles. The Morgan fingerprint density at radius 1 is 1.31 bits per heavy atom. The molecule has 0 saturated carbocycles. The molecular formula is C21H22N4O. The van der Waals surface area contributed by atoms with Gasteiger partial charge in [0, 0.05) is 42.3 Å². The van der Waals surface area contributed by atoms with Crippen molar-refractivity contribution in [3.05, 3.63) is 65.4 Å². The highest BCUT2D eigenvalue weighted by Crippen LogP contribution is 2.24. The average molecular weight is 346 g/mol. The maximum absolute atomic E-state index is 13.2. The number of rotatable bonds is 4. The van der Waals surface area contributed by atoms with Gasteiger partial charge in [-0.05, 0) is 32.0 Å². The fourth-order valence-electron chi connectivity index (χ4n) is 3.45. The molecule has 0 radical (unpaired) electrons. The predicted octanol–water partition coefficient (Wildman–Crippen LogP) is 3.73. The van der Waals surface area contributed by atoms with Gasteiger partial charge >= 0.3 is 0 Å². The zero-order valence-corrected chi connectivity index (χ0v) is 14.9. The lowest BCUT2D eigenvalue weighted by Gasteiger charge is -2.01. The Hall–Kier alpha value is -2.95. The molecule has 3 aromatic rings. The van der Waals surface area contributed by atoms with Crippen LogP contribution >= 0.6 is 0 Å². The molecule has 2 aromatic heterocycles. The molecule has 26 heavy (non-hydrogen) atoms. The molecule has 0 unspecified atom stereocenters. The standard InChI is InChI=1S/C21H22N4O/c1-2-3-13-25-14-16(15-7-4-5-9-19(15)25)20(26)21-23-17-8-6-11-22-12-10-18(17)24-21/h2-5,7,9,11,14H,6,8,10,12-13H2,1H3,(H,23,24)/b3-2+,22-11?. The van der Waals surface area contributed by atoms with Crippen LogP contribution in [0.4, 0.5) is 0 Å². The van der Waals surface area contributed by atoms with E-state index >= 15 is 0 Å². The minimum atomic E-state index is -0.0481. The SMILES string of the molecule is C/C=C/Cn1cc(C(=O)c2nc3c([nH]2)CCC=NCC3)c2ccccc21. The highest BCUT2D eigenvalue weighted by molar-refractivity contribution is 6.14. The molecule has 132 valence electrons. The third-order valence-corrected chi connectivity index (χ3v) is 4.78. The molecule has 0 bridgehead atoms. The number of para-hydroxylation sites is 1. The number of imidazole rings is 1. The average Bonchev–Trinajstić information content (AvgIpc) is 3.21. The van der Waals surface area contributed by atoms with Gasteiger partial charge in [-0.2, -0.15) is 0 Å². The number of fused-ring (bicyclic) bond motifs is 2. The van der Waals surface area contributed by atoms with E-state index in [1.807, 2.05) is 43.6 Å². The van der Waals surface area contributed by atoms with Crippen LogP contribution in [0.3, 0.4) is 0 Å². The van der Waals surface area contributed by atoms with Gasteiger partial charge in [-0.25, -0.2) is 4.98 Å². The van der Waals surface area contributed by atoms with Crippen molar-refractivity contribution in [2.75, 3.05) is 6.54 Å². The Bertz CT molecular complexity index is 979. The summed E-state index contributed by atoms with van der Waals surface area (Å²) in [4.78, 5) is 25.4. The van der Waals surface area contributed by atoms with Crippen LogP contribution in [0, 0.1) is 0 Å². The summed E-state index contributed by atoms with van der Waals surface area (Å²) in [5.41, 5.74) is 3.80. The monoisotopic (exact) mass is 346 g/mol. The van der Waals surface area contributed by atoms with Crippen LogP contribution < -0.4 is 0 Å². The number of benzene rings is 1. The van der Waals surface area contributed by atoms with Crippen molar-refractivity contribution >= 4 is 22.9 Å². The predicted molar refractivity (Wildman–Crippen MR) is 104 cm³/mol. The van der Waals surface area contributed by atoms with E-state index in [9.17, 15) is 4.79 Å². The zero-order chi connectivity index (χ0) is 17.9. The minimum Gasteiger partial charge on any atom is -0.343 e. The van der Waals surface area contributed by atoms with E-state index in [4.69, 9.17) is 0 Å². The van der Waals surface area contributed by atoms with Crippen LogP contribution in [0.1, 0.15) is 40.9 Å². The number of hydrogen-bond acceptors (Lipinski definition) is 3. The summed E-state index contributed by atoms with van der Waals surface area (Å²) in [6.45, 7) is 3.48. The molecule has 1 aliphatic rings. The molecule has 1 aromatic carbocycles. The van der Waals surface area contributed by atoms with Gasteiger partial charge in [0.25, 0.3) is 0 Å². The van der Waals surface area contributed by atoms with Crippen LogP contribution in [0.2, 0.25) is 0 Å². The van der Waals surface area contributed by atoms with Crippen LogP contribution in [0.15, 0.2) is 47.6 Å². The van der Waals surface area contributed by atoms with E-state index < -0.39 is 0 Å². The molecule has 0 atom stereocenters. The molecule has 4 rings (SSSR count). The lowest BCUT2D eigenvalue weighted by atomic mass is 10.1. The number of ketones is 1. The number of aromatic amines is 1. The number of allylic oxidation sites excluding steroid dienone is 2. The molecule has 5 nitrogen and oxygen atoms in total. The summed E-state index contributed by atoms with van der Waals surface area (Å²) in [6, 6.07) is 8.02. The van der Waals surface area contributed by atoms with Crippen molar-refractivity contribution in [1.29, 1.82) is 0 Å². The van der Waals surface area contributed by atoms with Crippen LogP contribution in [-0.2, 0) is 19.4 Å². The van der Waals surface area contributed by atoms with Gasteiger partial charge in [-0.3, -0.25) is 9.79 Å². The Balaban J connectivity index is 1.74. The van der Waals surface area contributed by atoms with Gasteiger partial charge in [-0.15, -0.1) is 0 Å². The second-order valence-corrected chi connectivity index (χ2v) is 6.50. The quantitative estimate of drug-likeness (QED) is 0.578. The maximum atomic E-state index is 13.2. The molecule has 5 heteroatoms. The lowest BCUT2D eigenvalue weighted by Crippen LogP contribution is -2.04. The highest BCUT2D eigenvalue weighted by atomic mass is 16.1. The molecule has 0 fully saturated rings. The Kier molecular flexibility index (Phi) is 4.52. The minimum absolute atomic E-state index is 0.0481. The molecule has 0 spiro atoms. The molecule has 1 aliphatic heterocycles. The number of aliphatic imine (C=N–C) groups is 1. The van der Waals surface area contributed by atoms with E-state index in [1.165, 1.54) is 0 Å². The number of carbonyl (C=O) groups is 1. The number of aryl methyl sites for hydroxylation is 1. The fraction of sp³-hybridized carbons (Fsp3) is 0.286. The van der Waals surface area contributed by atoms with Crippen LogP contribution in [-0.4, -0.2) is 33.1 Å². The topological polar surface area (TPSA) is 63.0 Å². The normalized spacial score (nSPS) is 14.5. The molecule has 0 amide bonds. The van der Waals surface area contributed by atoms with Crippen molar-refractivity contribution in [2.45, 2.75) is 32.7 Å². The van der Waals surface area contributed by atoms with Gasteiger partial charge < -0.3 is 9.55 Å². The molecule has 1 N–H and O–H groups in total. The number of nitrogens with zero attached hydrogens (tertiary/aromatic N) is 3. The number of nitrogens with one attached hydrogen (secondary N) is 1. The van der Waals surface area contributed by atoms with E-state index in [-0.39, 0.29) is 5.78 Å². The van der Waals surface area contributed by atoms with Crippen molar-refractivity contribution in [3.8, 4) is 0 Å². The van der Waals surface area contributed by atoms with Crippen LogP contribution in [0.25, 0.3) is 10.9 Å². The number of aromatic nitrogens is 3. The van der Waals surface area contributed by atoms with Gasteiger partial charge in [-0.1, -0.05) is 30.4 Å². The molecular weight excluding hydrogens is 324 g/mol. The van der Waals surface area contributed by atoms with Gasteiger partial charge in [0.1, 0.15) is 0 Å². The fourth-order valence-corrected chi connectivity index (χ4v) is 3.45. The van der Waals surface area contributed by atoms with Gasteiger partial charge in [0.2, 0.25) is 5.78 Å². The van der Waals surface area contributed by atoms with Gasteiger partial charge in [0.05, 0.1) is 11.3 Å². The second kappa shape index (κ2) is 7.12. The summed E-state index contributed by atoms with van der Waals surface area (Å²) >= 11 is 0. The summed E-state index contributed by atoms with van der Waals surface area (Å²) in [5.74, 6) is 0.388. The van der Waals surface area contributed by atoms with E-state index in [2.05, 4.69) is 31.7 Å². The summed E-state index contributed by atoms with van der Waals surface area (Å²) in [6.07, 6.45) is 10.5. The van der Waals surface area contributed by atoms with E-state index in [0.717, 1.165) is 54.6 Å². The van der Waals surface area contributed by atoms with E-state index in [1.54, 1.807) is 0 Å². The Morgan fingerprint density at radius 3 is 3.08 bits per heavy atom. The number of carbonyl (C=O) groups excluding carboxylic acids is 1. The largest absolute Gasteiger partial charge is 0.343 e. The maximum Gasteiger partial charge on any atom is 0.230 e. The van der Waals surface area contributed by atoms with Crippen molar-refractivity contribution < 1.29 is 4.79 Å². The number of hydrogen-bond donors (Lipinski definition) is 1. The van der Waals surface area contributed by atoms with E-state index in [0.29, 0.717) is 11.4 Å². The highest BCUT2D eigenvalue weighted by Gasteiger charge is 2.21. The van der Waals surface area contributed by atoms with Gasteiger partial charge in [0.15, 0.2) is 5.82 Å². The molecule has 0 saturated heterocycles. The van der Waals surface area contributed by atoms with Crippen molar-refractivity contribution in [3.63, 3.8) is 0 Å². The lowest BCUT2D eigenvalue weighted by molar-refractivity contribution is 0.103. The third-order valence-electron chi connectivity index (χ3n) is 4.78. The zero-order valence-electron chi connectivity index (χ0n) is 14.9. The summed E-state index contributed by atoms with van der Waals surface area (Å²) < 4.78 is 2.11. The van der Waals surface area contributed by atoms with Crippen molar-refractivity contribution in [1.82, 2.24) is 14.5 Å². The number of H-pyrrole nitrogens is 1. The summed E-state index contributed by atoms with van der Waals surface area (Å²) in [7, 11) is 0. The molecule has 0 aliphatic carbocycles. The Labute approximate surface area is 152 Å². The first-order chi connectivity index (χ1) is 12.8. The smallest absolute Gasteiger partial charge is 0.230 e. The van der Waals surface area contributed by atoms with Crippen molar-refractivity contribution in [2.24, 2.45) is 4.99 Å². The third kappa shape index (κ3) is 3.01. The van der Waals surface area contributed by atoms with Crippen LogP contribution in [0.5, 0.6) is 0 Å². The first kappa shape index (κ1) is 16.5. The first-order valence-electron chi connectivity index (χ1n) is 9.07. The first-order valence-corrected chi connectivity index (χ1v) is 9.07. The summed E-state index contributed by atoms with van der Waals surface area (Å²) in [5, 5.41) is 0.967.